The summed E-state index contributed by atoms with van der Waals surface area (Å²) in [4.78, 5) is 34.7. The van der Waals surface area contributed by atoms with Crippen molar-refractivity contribution in [3.63, 3.8) is 0 Å². The van der Waals surface area contributed by atoms with Crippen LogP contribution in [0.4, 0.5) is 5.69 Å². The topological polar surface area (TPSA) is 86.6 Å². The number of carbonyl (C=O) groups is 2. The number of carbonyl (C=O) groups excluding carboxylic acids is 1. The van der Waals surface area contributed by atoms with Gasteiger partial charge in [0.2, 0.25) is 0 Å². The van der Waals surface area contributed by atoms with Gasteiger partial charge >= 0.3 is 0 Å². The molecule has 7 nitrogen and oxygen atoms in total. The summed E-state index contributed by atoms with van der Waals surface area (Å²) in [5, 5.41) is 6.89. The van der Waals surface area contributed by atoms with Crippen molar-refractivity contribution in [3.8, 4) is 0 Å². The molecule has 1 aromatic carbocycles. The molecule has 2 fully saturated rings. The molecular formula is C25H26N4O3. The summed E-state index contributed by atoms with van der Waals surface area (Å²) in [6, 6.07) is 18.2. The molecule has 32 heavy (non-hydrogen) atoms. The van der Waals surface area contributed by atoms with Gasteiger partial charge in [0, 0.05) is 55.7 Å². The normalized spacial score (nSPS) is 21.5. The Balaban J connectivity index is 0.000000775. The van der Waals surface area contributed by atoms with Crippen LogP contribution in [0.2, 0.25) is 0 Å². The third-order valence-electron chi connectivity index (χ3n) is 6.28. The van der Waals surface area contributed by atoms with Crippen LogP contribution in [0.15, 0.2) is 73.2 Å². The third-order valence-corrected chi connectivity index (χ3v) is 6.28. The highest BCUT2D eigenvalue weighted by atomic mass is 16.3. The summed E-state index contributed by atoms with van der Waals surface area (Å²) in [7, 11) is 0. The smallest absolute Gasteiger partial charge is 0.290 e. The summed E-state index contributed by atoms with van der Waals surface area (Å²) in [5.41, 5.74) is 4.18. The standard InChI is InChI=1S/C24H24N4O.CH2O2/c1-17-13-25-12-10-22(17)27-14-19-15-28(24(29)21-9-5-6-11-26-21)23(20(19)16-27)18-7-3-2-4-8-18;2-1-3/h2-13,19-20,23H,14-16H2,1H3;1H,(H,2,3)/t19-,20-,23+;/m0./s1. The average Bonchev–Trinajstić information content (AvgIpc) is 3.38. The first-order chi connectivity index (χ1) is 15.6. The highest BCUT2D eigenvalue weighted by molar-refractivity contribution is 5.92. The van der Waals surface area contributed by atoms with Crippen LogP contribution < -0.4 is 4.90 Å². The fourth-order valence-electron chi connectivity index (χ4n) is 4.99. The van der Waals surface area contributed by atoms with E-state index in [0.29, 0.717) is 17.5 Å². The van der Waals surface area contributed by atoms with Gasteiger partial charge in [-0.1, -0.05) is 36.4 Å². The third kappa shape index (κ3) is 4.19. The van der Waals surface area contributed by atoms with Gasteiger partial charge < -0.3 is 14.9 Å². The van der Waals surface area contributed by atoms with Crippen molar-refractivity contribution < 1.29 is 14.7 Å². The monoisotopic (exact) mass is 430 g/mol. The summed E-state index contributed by atoms with van der Waals surface area (Å²) in [6.07, 6.45) is 5.48. The van der Waals surface area contributed by atoms with Gasteiger partial charge in [0.25, 0.3) is 12.4 Å². The van der Waals surface area contributed by atoms with E-state index >= 15 is 0 Å². The van der Waals surface area contributed by atoms with Crippen LogP contribution >= 0.6 is 0 Å². The van der Waals surface area contributed by atoms with Crippen molar-refractivity contribution in [2.75, 3.05) is 24.5 Å². The Labute approximate surface area is 187 Å². The molecule has 0 saturated carbocycles. The Hall–Kier alpha value is -3.74. The maximum Gasteiger partial charge on any atom is 0.290 e. The quantitative estimate of drug-likeness (QED) is 0.641. The van der Waals surface area contributed by atoms with E-state index in [-0.39, 0.29) is 18.4 Å². The Morgan fingerprint density at radius 3 is 2.47 bits per heavy atom. The second-order valence-electron chi connectivity index (χ2n) is 8.12. The fourth-order valence-corrected chi connectivity index (χ4v) is 4.99. The molecule has 0 radical (unpaired) electrons. The fraction of sp³-hybridized carbons (Fsp3) is 0.280. The molecule has 2 aliphatic heterocycles. The number of amides is 1. The lowest BCUT2D eigenvalue weighted by atomic mass is 9.89. The molecule has 3 atom stereocenters. The van der Waals surface area contributed by atoms with E-state index in [1.165, 1.54) is 16.8 Å². The van der Waals surface area contributed by atoms with Crippen LogP contribution in [0.1, 0.15) is 27.7 Å². The average molecular weight is 431 g/mol. The van der Waals surface area contributed by atoms with Crippen LogP contribution in [0.3, 0.4) is 0 Å². The van der Waals surface area contributed by atoms with Gasteiger partial charge in [-0.2, -0.15) is 0 Å². The van der Waals surface area contributed by atoms with Gasteiger partial charge in [-0.25, -0.2) is 0 Å². The second kappa shape index (κ2) is 9.60. The van der Waals surface area contributed by atoms with Gasteiger partial charge in [0.05, 0.1) is 6.04 Å². The number of likely N-dealkylation sites (tertiary alicyclic amines) is 1. The molecule has 0 unspecified atom stereocenters. The maximum atomic E-state index is 13.3. The first kappa shape index (κ1) is 21.5. The van der Waals surface area contributed by atoms with Gasteiger partial charge in [0.1, 0.15) is 5.69 Å². The molecule has 7 heteroatoms. The molecule has 1 N–H and O–H groups in total. The maximum absolute atomic E-state index is 13.3. The zero-order chi connectivity index (χ0) is 22.5. The summed E-state index contributed by atoms with van der Waals surface area (Å²) < 4.78 is 0. The van der Waals surface area contributed by atoms with Crippen molar-refractivity contribution in [2.45, 2.75) is 13.0 Å². The first-order valence-electron chi connectivity index (χ1n) is 10.6. The molecule has 2 aromatic heterocycles. The van der Waals surface area contributed by atoms with Crippen LogP contribution in [0, 0.1) is 18.8 Å². The number of fused-ring (bicyclic) bond motifs is 1. The number of hydrogen-bond donors (Lipinski definition) is 1. The molecule has 4 heterocycles. The zero-order valence-electron chi connectivity index (χ0n) is 17.9. The number of benzene rings is 1. The predicted molar refractivity (Wildman–Crippen MR) is 121 cm³/mol. The van der Waals surface area contributed by atoms with E-state index in [1.54, 1.807) is 6.20 Å². The van der Waals surface area contributed by atoms with Crippen LogP contribution in [0.5, 0.6) is 0 Å². The van der Waals surface area contributed by atoms with Crippen molar-refractivity contribution >= 4 is 18.1 Å². The predicted octanol–water partition coefficient (Wildman–Crippen LogP) is 3.44. The highest BCUT2D eigenvalue weighted by Crippen LogP contribution is 2.46. The molecule has 1 amide bonds. The second-order valence-corrected chi connectivity index (χ2v) is 8.12. The van der Waals surface area contributed by atoms with E-state index in [2.05, 4.69) is 52.1 Å². The van der Waals surface area contributed by atoms with Gasteiger partial charge in [0.15, 0.2) is 0 Å². The molecule has 2 saturated heterocycles. The molecule has 2 aliphatic rings. The number of nitrogens with zero attached hydrogens (tertiary/aromatic N) is 4. The molecular weight excluding hydrogens is 404 g/mol. The summed E-state index contributed by atoms with van der Waals surface area (Å²) in [5.74, 6) is 0.874. The first-order valence-corrected chi connectivity index (χ1v) is 10.6. The highest BCUT2D eigenvalue weighted by Gasteiger charge is 2.49. The summed E-state index contributed by atoms with van der Waals surface area (Å²) >= 11 is 0. The van der Waals surface area contributed by atoms with Crippen LogP contribution in [0.25, 0.3) is 0 Å². The van der Waals surface area contributed by atoms with E-state index < -0.39 is 0 Å². The summed E-state index contributed by atoms with van der Waals surface area (Å²) in [6.45, 7) is 4.54. The minimum Gasteiger partial charge on any atom is -0.483 e. The van der Waals surface area contributed by atoms with E-state index in [0.717, 1.165) is 19.6 Å². The number of aryl methyl sites for hydroxylation is 1. The SMILES string of the molecule is Cc1cnccc1N1C[C@H]2CN(C(=O)c3ccccn3)[C@H](c3ccccc3)[C@H]2C1.O=CO. The number of carboxylic acid groups (broad SMARTS) is 1. The van der Waals surface area contributed by atoms with E-state index in [4.69, 9.17) is 9.90 Å². The molecule has 0 spiro atoms. The Bertz CT molecular complexity index is 1060. The number of aromatic nitrogens is 2. The molecule has 0 bridgehead atoms. The Kier molecular flexibility index (Phi) is 6.44. The van der Waals surface area contributed by atoms with Crippen molar-refractivity contribution in [2.24, 2.45) is 11.8 Å². The minimum absolute atomic E-state index is 0.0282. The Morgan fingerprint density at radius 2 is 1.78 bits per heavy atom. The molecule has 164 valence electrons. The van der Waals surface area contributed by atoms with E-state index in [9.17, 15) is 4.79 Å². The molecule has 5 rings (SSSR count). The minimum atomic E-state index is -0.250. The number of anilines is 1. The number of pyridine rings is 2. The largest absolute Gasteiger partial charge is 0.483 e. The Morgan fingerprint density at radius 1 is 1.03 bits per heavy atom. The van der Waals surface area contributed by atoms with Crippen molar-refractivity contribution in [3.05, 3.63) is 90.0 Å². The van der Waals surface area contributed by atoms with Gasteiger partial charge in [-0.3, -0.25) is 19.6 Å². The number of hydrogen-bond acceptors (Lipinski definition) is 5. The number of rotatable bonds is 3. The van der Waals surface area contributed by atoms with Crippen molar-refractivity contribution in [1.29, 1.82) is 0 Å². The lowest BCUT2D eigenvalue weighted by molar-refractivity contribution is -0.122. The van der Waals surface area contributed by atoms with Crippen molar-refractivity contribution in [1.82, 2.24) is 14.9 Å². The van der Waals surface area contributed by atoms with Crippen LogP contribution in [-0.4, -0.2) is 52.0 Å². The van der Waals surface area contributed by atoms with Gasteiger partial charge in [-0.15, -0.1) is 0 Å². The lowest BCUT2D eigenvalue weighted by Gasteiger charge is -2.30. The van der Waals surface area contributed by atoms with Gasteiger partial charge in [-0.05, 0) is 36.2 Å². The zero-order valence-corrected chi connectivity index (χ0v) is 17.9. The molecule has 0 aliphatic carbocycles. The van der Waals surface area contributed by atoms with Crippen LogP contribution in [-0.2, 0) is 4.79 Å². The molecule has 3 aromatic rings. The van der Waals surface area contributed by atoms with E-state index in [1.807, 2.05) is 41.6 Å². The lowest BCUT2D eigenvalue weighted by Crippen LogP contribution is -2.36.